The summed E-state index contributed by atoms with van der Waals surface area (Å²) >= 11 is 0. The number of nitrogens with zero attached hydrogens (tertiary/aromatic N) is 4. The Bertz CT molecular complexity index is 893. The van der Waals surface area contributed by atoms with Crippen molar-refractivity contribution in [3.8, 4) is 0 Å². The van der Waals surface area contributed by atoms with Gasteiger partial charge in [-0.3, -0.25) is 9.59 Å². The predicted molar refractivity (Wildman–Crippen MR) is 112 cm³/mol. The molecule has 6 heteroatoms. The molecule has 1 amide bonds. The first kappa shape index (κ1) is 19.0. The lowest BCUT2D eigenvalue weighted by Gasteiger charge is -2.37. The number of fused-ring (bicyclic) bond motifs is 1. The van der Waals surface area contributed by atoms with E-state index in [1.165, 1.54) is 19.3 Å². The summed E-state index contributed by atoms with van der Waals surface area (Å²) in [7, 11) is 0. The lowest BCUT2D eigenvalue weighted by atomic mass is 9.88. The van der Waals surface area contributed by atoms with Crippen molar-refractivity contribution in [2.24, 2.45) is 5.92 Å². The Morgan fingerprint density at radius 2 is 1.79 bits per heavy atom. The summed E-state index contributed by atoms with van der Waals surface area (Å²) < 4.78 is 1.84. The summed E-state index contributed by atoms with van der Waals surface area (Å²) in [5.74, 6) is 1.05. The molecule has 1 aliphatic heterocycles. The van der Waals surface area contributed by atoms with Crippen LogP contribution in [-0.4, -0.2) is 46.5 Å². The molecule has 6 nitrogen and oxygen atoms in total. The van der Waals surface area contributed by atoms with Crippen LogP contribution in [0.4, 0.5) is 5.82 Å². The maximum atomic E-state index is 13.1. The predicted octanol–water partition coefficient (Wildman–Crippen LogP) is 3.04. The smallest absolute Gasteiger partial charge is 0.294 e. The van der Waals surface area contributed by atoms with Crippen molar-refractivity contribution in [1.29, 1.82) is 0 Å². The molecule has 28 heavy (non-hydrogen) atoms. The molecular formula is C22H30N4O2. The standard InChI is InChI=1S/C22H30N4O2/c1-2-12-26-19-11-7-6-10-18(19)23-20(22(26)28)24-13-15-25(16-14-24)21(27)17-8-4-3-5-9-17/h6-7,10-11,17H,2-5,8-9,12-16H2,1H3. The quantitative estimate of drug-likeness (QED) is 0.816. The van der Waals surface area contributed by atoms with Gasteiger partial charge < -0.3 is 14.4 Å². The number of hydrogen-bond donors (Lipinski definition) is 0. The highest BCUT2D eigenvalue weighted by atomic mass is 16.2. The molecule has 1 aliphatic carbocycles. The topological polar surface area (TPSA) is 58.4 Å². The number of carbonyl (C=O) groups is 1. The zero-order valence-electron chi connectivity index (χ0n) is 16.8. The van der Waals surface area contributed by atoms with Gasteiger partial charge in [0.05, 0.1) is 11.0 Å². The molecule has 0 N–H and O–H groups in total. The lowest BCUT2D eigenvalue weighted by Crippen LogP contribution is -2.52. The number of aromatic nitrogens is 2. The van der Waals surface area contributed by atoms with E-state index in [2.05, 4.69) is 11.8 Å². The van der Waals surface area contributed by atoms with Crippen molar-refractivity contribution >= 4 is 22.8 Å². The lowest BCUT2D eigenvalue weighted by molar-refractivity contribution is -0.136. The molecule has 1 aromatic carbocycles. The second kappa shape index (κ2) is 8.33. The number of benzene rings is 1. The molecule has 150 valence electrons. The van der Waals surface area contributed by atoms with E-state index in [-0.39, 0.29) is 11.5 Å². The number of anilines is 1. The number of piperazine rings is 1. The van der Waals surface area contributed by atoms with E-state index in [4.69, 9.17) is 4.98 Å². The summed E-state index contributed by atoms with van der Waals surface area (Å²) in [6.07, 6.45) is 6.58. The molecule has 4 rings (SSSR count). The zero-order chi connectivity index (χ0) is 19.5. The van der Waals surface area contributed by atoms with Crippen LogP contribution in [0.5, 0.6) is 0 Å². The Morgan fingerprint density at radius 3 is 2.50 bits per heavy atom. The third-order valence-electron chi connectivity index (χ3n) is 6.13. The Labute approximate surface area is 166 Å². The van der Waals surface area contributed by atoms with Gasteiger partial charge in [-0.15, -0.1) is 0 Å². The van der Waals surface area contributed by atoms with Gasteiger partial charge in [0.25, 0.3) is 5.56 Å². The Morgan fingerprint density at radius 1 is 1.07 bits per heavy atom. The molecule has 2 fully saturated rings. The maximum Gasteiger partial charge on any atom is 0.294 e. The van der Waals surface area contributed by atoms with E-state index in [0.717, 1.165) is 30.3 Å². The van der Waals surface area contributed by atoms with Crippen LogP contribution in [0.15, 0.2) is 29.1 Å². The molecule has 0 bridgehead atoms. The van der Waals surface area contributed by atoms with Crippen LogP contribution >= 0.6 is 0 Å². The minimum Gasteiger partial charge on any atom is -0.348 e. The van der Waals surface area contributed by atoms with Crippen LogP contribution in [0.3, 0.4) is 0 Å². The number of para-hydroxylation sites is 2. The van der Waals surface area contributed by atoms with Crippen molar-refractivity contribution < 1.29 is 4.79 Å². The van der Waals surface area contributed by atoms with E-state index >= 15 is 0 Å². The van der Waals surface area contributed by atoms with Crippen molar-refractivity contribution in [3.05, 3.63) is 34.6 Å². The van der Waals surface area contributed by atoms with Gasteiger partial charge in [0, 0.05) is 38.6 Å². The van der Waals surface area contributed by atoms with E-state index in [1.807, 2.05) is 33.7 Å². The monoisotopic (exact) mass is 382 g/mol. The van der Waals surface area contributed by atoms with Gasteiger partial charge in [-0.05, 0) is 31.4 Å². The fourth-order valence-electron chi connectivity index (χ4n) is 4.58. The van der Waals surface area contributed by atoms with Gasteiger partial charge in [-0.2, -0.15) is 0 Å². The van der Waals surface area contributed by atoms with Crippen LogP contribution < -0.4 is 10.5 Å². The second-order valence-corrected chi connectivity index (χ2v) is 8.03. The molecule has 0 atom stereocenters. The highest BCUT2D eigenvalue weighted by Crippen LogP contribution is 2.26. The van der Waals surface area contributed by atoms with E-state index < -0.39 is 0 Å². The fraction of sp³-hybridized carbons (Fsp3) is 0.591. The van der Waals surface area contributed by atoms with Gasteiger partial charge in [0.2, 0.25) is 5.91 Å². The molecular weight excluding hydrogens is 352 g/mol. The van der Waals surface area contributed by atoms with Crippen molar-refractivity contribution in [1.82, 2.24) is 14.5 Å². The highest BCUT2D eigenvalue weighted by molar-refractivity contribution is 5.79. The first-order chi connectivity index (χ1) is 13.7. The number of carbonyl (C=O) groups excluding carboxylic acids is 1. The summed E-state index contributed by atoms with van der Waals surface area (Å²) in [4.78, 5) is 34.7. The van der Waals surface area contributed by atoms with Gasteiger partial charge in [0.15, 0.2) is 5.82 Å². The summed E-state index contributed by atoms with van der Waals surface area (Å²) in [5.41, 5.74) is 1.73. The van der Waals surface area contributed by atoms with Crippen LogP contribution in [-0.2, 0) is 11.3 Å². The van der Waals surface area contributed by atoms with Crippen LogP contribution in [0.2, 0.25) is 0 Å². The minimum absolute atomic E-state index is 0.0207. The third kappa shape index (κ3) is 3.64. The van der Waals surface area contributed by atoms with Gasteiger partial charge >= 0.3 is 0 Å². The zero-order valence-corrected chi connectivity index (χ0v) is 16.8. The molecule has 2 aromatic rings. The number of aryl methyl sites for hydroxylation is 1. The molecule has 2 heterocycles. The molecule has 2 aliphatic rings. The molecule has 0 spiro atoms. The van der Waals surface area contributed by atoms with Gasteiger partial charge in [-0.25, -0.2) is 4.98 Å². The first-order valence-corrected chi connectivity index (χ1v) is 10.7. The highest BCUT2D eigenvalue weighted by Gasteiger charge is 2.29. The molecule has 0 unspecified atom stereocenters. The van der Waals surface area contributed by atoms with Crippen LogP contribution in [0, 0.1) is 5.92 Å². The SMILES string of the molecule is CCCn1c(=O)c(N2CCN(C(=O)C3CCCCC3)CC2)nc2ccccc21. The second-order valence-electron chi connectivity index (χ2n) is 8.03. The Hall–Kier alpha value is -2.37. The minimum atomic E-state index is -0.0207. The van der Waals surface area contributed by atoms with Crippen LogP contribution in [0.1, 0.15) is 45.4 Å². The van der Waals surface area contributed by atoms with Gasteiger partial charge in [0.1, 0.15) is 0 Å². The van der Waals surface area contributed by atoms with Gasteiger partial charge in [-0.1, -0.05) is 38.3 Å². The number of rotatable bonds is 4. The van der Waals surface area contributed by atoms with Crippen molar-refractivity contribution in [2.45, 2.75) is 52.0 Å². The third-order valence-corrected chi connectivity index (χ3v) is 6.13. The normalized spacial score (nSPS) is 18.6. The molecule has 0 radical (unpaired) electrons. The number of hydrogen-bond acceptors (Lipinski definition) is 4. The molecule has 1 saturated carbocycles. The summed E-state index contributed by atoms with van der Waals surface area (Å²) in [5, 5.41) is 0. The maximum absolute atomic E-state index is 13.1. The fourth-order valence-corrected chi connectivity index (χ4v) is 4.58. The van der Waals surface area contributed by atoms with E-state index in [1.54, 1.807) is 0 Å². The Balaban J connectivity index is 1.53. The summed E-state index contributed by atoms with van der Waals surface area (Å²) in [6.45, 7) is 5.47. The Kier molecular flexibility index (Phi) is 5.64. The molecule has 1 saturated heterocycles. The largest absolute Gasteiger partial charge is 0.348 e. The van der Waals surface area contributed by atoms with E-state index in [0.29, 0.717) is 44.4 Å². The van der Waals surface area contributed by atoms with E-state index in [9.17, 15) is 9.59 Å². The van der Waals surface area contributed by atoms with Crippen molar-refractivity contribution in [3.63, 3.8) is 0 Å². The molecule has 1 aromatic heterocycles. The number of amides is 1. The average molecular weight is 383 g/mol. The summed E-state index contributed by atoms with van der Waals surface area (Å²) in [6, 6.07) is 7.84. The average Bonchev–Trinajstić information content (AvgIpc) is 2.76. The van der Waals surface area contributed by atoms with Crippen LogP contribution in [0.25, 0.3) is 11.0 Å². The van der Waals surface area contributed by atoms with Crippen molar-refractivity contribution in [2.75, 3.05) is 31.1 Å². The first-order valence-electron chi connectivity index (χ1n) is 10.7.